The number of anilines is 3. The van der Waals surface area contributed by atoms with E-state index in [4.69, 9.17) is 4.74 Å². The molecule has 0 atom stereocenters. The van der Waals surface area contributed by atoms with Crippen LogP contribution in [0, 0.1) is 6.92 Å². The third kappa shape index (κ3) is 6.71. The standard InChI is InChI=1S/C27H29N5O2S/c1-18-5-11-25(35-21-8-6-20(7-9-21)29-19(2)33)24(17-18)30-23-13-14-28-27-22(23)10-12-26(31-27)34-16-15-32(3)4/h5-14,17H,15-16H2,1-4H3,(H,29,33)(H,28,30,31). The van der Waals surface area contributed by atoms with Crippen LogP contribution in [0.25, 0.3) is 11.0 Å². The summed E-state index contributed by atoms with van der Waals surface area (Å²) in [4.78, 5) is 24.5. The van der Waals surface area contributed by atoms with Crippen LogP contribution in [0.5, 0.6) is 5.88 Å². The smallest absolute Gasteiger partial charge is 0.221 e. The maximum atomic E-state index is 11.3. The van der Waals surface area contributed by atoms with Crippen LogP contribution in [0.2, 0.25) is 0 Å². The Morgan fingerprint density at radius 2 is 1.83 bits per heavy atom. The molecule has 0 radical (unpaired) electrons. The summed E-state index contributed by atoms with van der Waals surface area (Å²) in [5.74, 6) is 0.486. The van der Waals surface area contributed by atoms with E-state index >= 15 is 0 Å². The number of amides is 1. The minimum absolute atomic E-state index is 0.0817. The number of aryl methyl sites for hydroxylation is 1. The SMILES string of the molecule is CC(=O)Nc1ccc(Sc2ccc(C)cc2Nc2ccnc3nc(OCCN(C)C)ccc23)cc1. The molecule has 0 fully saturated rings. The van der Waals surface area contributed by atoms with Gasteiger partial charge < -0.3 is 20.3 Å². The summed E-state index contributed by atoms with van der Waals surface area (Å²) >= 11 is 1.66. The predicted octanol–water partition coefficient (Wildman–Crippen LogP) is 5.73. The molecule has 4 rings (SSSR count). The van der Waals surface area contributed by atoms with Gasteiger partial charge in [0.15, 0.2) is 5.65 Å². The molecule has 180 valence electrons. The van der Waals surface area contributed by atoms with Crippen molar-refractivity contribution in [3.8, 4) is 5.88 Å². The Bertz CT molecular complexity index is 1330. The number of fused-ring (bicyclic) bond motifs is 1. The third-order valence-electron chi connectivity index (χ3n) is 5.17. The molecule has 0 aliphatic rings. The number of rotatable bonds is 9. The predicted molar refractivity (Wildman–Crippen MR) is 143 cm³/mol. The minimum atomic E-state index is -0.0817. The van der Waals surface area contributed by atoms with Gasteiger partial charge in [-0.05, 0) is 75.1 Å². The highest BCUT2D eigenvalue weighted by atomic mass is 32.2. The highest BCUT2D eigenvalue weighted by molar-refractivity contribution is 7.99. The second kappa shape index (κ2) is 11.2. The number of nitrogens with zero attached hydrogens (tertiary/aromatic N) is 3. The number of benzene rings is 2. The van der Waals surface area contributed by atoms with Gasteiger partial charge in [0, 0.05) is 46.6 Å². The van der Waals surface area contributed by atoms with E-state index in [-0.39, 0.29) is 5.91 Å². The summed E-state index contributed by atoms with van der Waals surface area (Å²) in [6, 6.07) is 20.0. The summed E-state index contributed by atoms with van der Waals surface area (Å²) < 4.78 is 5.77. The molecule has 0 aliphatic heterocycles. The van der Waals surface area contributed by atoms with Gasteiger partial charge in [-0.25, -0.2) is 4.98 Å². The van der Waals surface area contributed by atoms with Crippen molar-refractivity contribution in [2.24, 2.45) is 0 Å². The van der Waals surface area contributed by atoms with E-state index in [1.165, 1.54) is 6.92 Å². The average molecular weight is 488 g/mol. The molecule has 0 aliphatic carbocycles. The third-order valence-corrected chi connectivity index (χ3v) is 6.26. The largest absolute Gasteiger partial charge is 0.476 e. The van der Waals surface area contributed by atoms with Gasteiger partial charge in [-0.1, -0.05) is 17.8 Å². The molecule has 2 aromatic heterocycles. The lowest BCUT2D eigenvalue weighted by Crippen LogP contribution is -2.19. The van der Waals surface area contributed by atoms with Gasteiger partial charge in [0.2, 0.25) is 11.8 Å². The Kier molecular flexibility index (Phi) is 7.84. The molecule has 35 heavy (non-hydrogen) atoms. The highest BCUT2D eigenvalue weighted by Gasteiger charge is 2.10. The number of likely N-dealkylation sites (N-methyl/N-ethyl adjacent to an activating group) is 1. The molecule has 2 N–H and O–H groups in total. The first-order valence-electron chi connectivity index (χ1n) is 11.3. The van der Waals surface area contributed by atoms with Gasteiger partial charge in [-0.3, -0.25) is 4.79 Å². The Labute approximate surface area is 209 Å². The Hall–Kier alpha value is -3.62. The van der Waals surface area contributed by atoms with E-state index in [0.717, 1.165) is 44.3 Å². The van der Waals surface area contributed by atoms with Crippen LogP contribution in [-0.4, -0.2) is 48.0 Å². The number of carbonyl (C=O) groups excluding carboxylic acids is 1. The zero-order chi connectivity index (χ0) is 24.8. The first-order valence-corrected chi connectivity index (χ1v) is 12.2. The highest BCUT2D eigenvalue weighted by Crippen LogP contribution is 2.37. The molecule has 2 heterocycles. The summed E-state index contributed by atoms with van der Waals surface area (Å²) in [5.41, 5.74) is 4.50. The number of ether oxygens (including phenoxy) is 1. The number of hydrogen-bond donors (Lipinski definition) is 2. The van der Waals surface area contributed by atoms with E-state index in [1.807, 2.05) is 56.6 Å². The molecular weight excluding hydrogens is 458 g/mol. The molecule has 0 saturated heterocycles. The first-order chi connectivity index (χ1) is 16.9. The van der Waals surface area contributed by atoms with Crippen LogP contribution >= 0.6 is 11.8 Å². The molecule has 0 bridgehead atoms. The number of nitrogens with one attached hydrogen (secondary N) is 2. The molecule has 4 aromatic rings. The van der Waals surface area contributed by atoms with Crippen molar-refractivity contribution in [1.82, 2.24) is 14.9 Å². The lowest BCUT2D eigenvalue weighted by Gasteiger charge is -2.15. The van der Waals surface area contributed by atoms with E-state index in [2.05, 4.69) is 50.6 Å². The van der Waals surface area contributed by atoms with Crippen molar-refractivity contribution in [2.45, 2.75) is 23.6 Å². The molecule has 8 heteroatoms. The van der Waals surface area contributed by atoms with Crippen LogP contribution in [-0.2, 0) is 4.79 Å². The number of aromatic nitrogens is 2. The molecule has 0 saturated carbocycles. The molecular formula is C27H29N5O2S. The van der Waals surface area contributed by atoms with Gasteiger partial charge in [0.1, 0.15) is 6.61 Å². The van der Waals surface area contributed by atoms with E-state index in [1.54, 1.807) is 18.0 Å². The molecule has 0 unspecified atom stereocenters. The van der Waals surface area contributed by atoms with E-state index in [9.17, 15) is 4.79 Å². The minimum Gasteiger partial charge on any atom is -0.476 e. The van der Waals surface area contributed by atoms with Gasteiger partial charge >= 0.3 is 0 Å². The lowest BCUT2D eigenvalue weighted by atomic mass is 10.2. The van der Waals surface area contributed by atoms with Gasteiger partial charge in [0.05, 0.1) is 11.4 Å². The van der Waals surface area contributed by atoms with E-state index in [0.29, 0.717) is 18.1 Å². The number of hydrogen-bond acceptors (Lipinski definition) is 7. The van der Waals surface area contributed by atoms with Crippen molar-refractivity contribution < 1.29 is 9.53 Å². The Morgan fingerprint density at radius 3 is 2.57 bits per heavy atom. The topological polar surface area (TPSA) is 79.4 Å². The second-order valence-electron chi connectivity index (χ2n) is 8.46. The van der Waals surface area contributed by atoms with Crippen molar-refractivity contribution in [3.63, 3.8) is 0 Å². The Balaban J connectivity index is 1.56. The van der Waals surface area contributed by atoms with Crippen molar-refractivity contribution in [3.05, 3.63) is 72.4 Å². The summed E-state index contributed by atoms with van der Waals surface area (Å²) in [6.45, 7) is 4.97. The van der Waals surface area contributed by atoms with Crippen LogP contribution in [0.1, 0.15) is 12.5 Å². The fraction of sp³-hybridized carbons (Fsp3) is 0.222. The fourth-order valence-corrected chi connectivity index (χ4v) is 4.33. The quantitative estimate of drug-likeness (QED) is 0.312. The van der Waals surface area contributed by atoms with Crippen molar-refractivity contribution >= 4 is 45.8 Å². The molecule has 7 nitrogen and oxygen atoms in total. The Morgan fingerprint density at radius 1 is 1.03 bits per heavy atom. The van der Waals surface area contributed by atoms with Gasteiger partial charge in [-0.15, -0.1) is 0 Å². The van der Waals surface area contributed by atoms with Gasteiger partial charge in [-0.2, -0.15) is 4.98 Å². The average Bonchev–Trinajstić information content (AvgIpc) is 2.81. The van der Waals surface area contributed by atoms with Crippen molar-refractivity contribution in [2.75, 3.05) is 37.9 Å². The zero-order valence-electron chi connectivity index (χ0n) is 20.3. The monoisotopic (exact) mass is 487 g/mol. The van der Waals surface area contributed by atoms with Crippen LogP contribution in [0.3, 0.4) is 0 Å². The summed E-state index contributed by atoms with van der Waals surface area (Å²) in [7, 11) is 4.02. The van der Waals surface area contributed by atoms with Crippen molar-refractivity contribution in [1.29, 1.82) is 0 Å². The lowest BCUT2D eigenvalue weighted by molar-refractivity contribution is -0.114. The van der Waals surface area contributed by atoms with Crippen LogP contribution < -0.4 is 15.4 Å². The number of pyridine rings is 2. The normalized spacial score (nSPS) is 11.0. The van der Waals surface area contributed by atoms with Gasteiger partial charge in [0.25, 0.3) is 0 Å². The fourth-order valence-electron chi connectivity index (χ4n) is 3.45. The van der Waals surface area contributed by atoms with Crippen LogP contribution in [0.15, 0.2) is 76.7 Å². The van der Waals surface area contributed by atoms with E-state index < -0.39 is 0 Å². The zero-order valence-corrected chi connectivity index (χ0v) is 21.1. The summed E-state index contributed by atoms with van der Waals surface area (Å²) in [6.07, 6.45) is 1.75. The maximum absolute atomic E-state index is 11.3. The summed E-state index contributed by atoms with van der Waals surface area (Å²) in [5, 5.41) is 7.31. The molecule has 2 aromatic carbocycles. The number of carbonyl (C=O) groups is 1. The second-order valence-corrected chi connectivity index (χ2v) is 9.58. The first kappa shape index (κ1) is 24.5. The maximum Gasteiger partial charge on any atom is 0.221 e. The molecule has 1 amide bonds. The molecule has 0 spiro atoms. The van der Waals surface area contributed by atoms with Crippen LogP contribution in [0.4, 0.5) is 17.1 Å².